The van der Waals surface area contributed by atoms with E-state index >= 15 is 0 Å². The molecule has 1 aromatic rings. The average Bonchev–Trinajstić information content (AvgIpc) is 2.79. The molecule has 20 heavy (non-hydrogen) atoms. The van der Waals surface area contributed by atoms with Crippen LogP contribution in [0.2, 0.25) is 0 Å². The van der Waals surface area contributed by atoms with E-state index in [2.05, 4.69) is 5.32 Å². The lowest BCUT2D eigenvalue weighted by Crippen LogP contribution is -2.36. The molecule has 0 aliphatic carbocycles. The van der Waals surface area contributed by atoms with E-state index in [1.165, 1.54) is 6.92 Å². The van der Waals surface area contributed by atoms with Gasteiger partial charge in [-0.2, -0.15) is 0 Å². The zero-order valence-electron chi connectivity index (χ0n) is 10.9. The summed E-state index contributed by atoms with van der Waals surface area (Å²) in [7, 11) is -3.03. The predicted molar refractivity (Wildman–Crippen MR) is 80.9 cm³/mol. The molecule has 2 unspecified atom stereocenters. The monoisotopic (exact) mass is 310 g/mol. The number of anilines is 1. The summed E-state index contributed by atoms with van der Waals surface area (Å²) in [5.74, 6) is 0.177. The van der Waals surface area contributed by atoms with Gasteiger partial charge < -0.3 is 10.2 Å². The van der Waals surface area contributed by atoms with Crippen LogP contribution >= 0.6 is 12.2 Å². The van der Waals surface area contributed by atoms with Crippen molar-refractivity contribution in [3.63, 3.8) is 0 Å². The fraction of sp³-hybridized carbons (Fsp3) is 0.385. The Labute approximate surface area is 122 Å². The van der Waals surface area contributed by atoms with Crippen LogP contribution in [0, 0.1) is 0 Å². The van der Waals surface area contributed by atoms with Gasteiger partial charge in [-0.3, -0.25) is 4.79 Å². The largest absolute Gasteiger partial charge is 0.356 e. The van der Waals surface area contributed by atoms with Crippen LogP contribution in [0.5, 0.6) is 0 Å². The third-order valence-corrected chi connectivity index (χ3v) is 5.74. The van der Waals surface area contributed by atoms with Crippen LogP contribution in [-0.4, -0.2) is 42.9 Å². The average molecular weight is 310 g/mol. The third kappa shape index (κ3) is 2.20. The van der Waals surface area contributed by atoms with Crippen LogP contribution in [-0.2, 0) is 9.84 Å². The molecule has 0 amide bonds. The van der Waals surface area contributed by atoms with E-state index in [4.69, 9.17) is 12.2 Å². The van der Waals surface area contributed by atoms with Gasteiger partial charge in [0.05, 0.1) is 23.6 Å². The number of carbonyl (C=O) groups excluding carboxylic acids is 1. The minimum Gasteiger partial charge on any atom is -0.356 e. The van der Waals surface area contributed by atoms with Crippen molar-refractivity contribution >= 4 is 38.6 Å². The summed E-state index contributed by atoms with van der Waals surface area (Å²) < 4.78 is 23.5. The molecule has 5 nitrogen and oxygen atoms in total. The van der Waals surface area contributed by atoms with Gasteiger partial charge in [0.1, 0.15) is 0 Å². The summed E-state index contributed by atoms with van der Waals surface area (Å²) in [5.41, 5.74) is 1.36. The van der Waals surface area contributed by atoms with Crippen LogP contribution in [0.15, 0.2) is 24.3 Å². The number of Topliss-reactive ketones (excluding diaryl/α,β-unsaturated/α-hetero) is 1. The quantitative estimate of drug-likeness (QED) is 0.642. The first-order chi connectivity index (χ1) is 9.37. The lowest BCUT2D eigenvalue weighted by Gasteiger charge is -2.23. The van der Waals surface area contributed by atoms with E-state index < -0.39 is 9.84 Å². The first-order valence-electron chi connectivity index (χ1n) is 6.28. The Morgan fingerprint density at radius 2 is 2.15 bits per heavy atom. The highest BCUT2D eigenvalue weighted by molar-refractivity contribution is 7.91. The summed E-state index contributed by atoms with van der Waals surface area (Å²) >= 11 is 5.30. The van der Waals surface area contributed by atoms with Crippen LogP contribution in [0.25, 0.3) is 0 Å². The molecule has 2 saturated heterocycles. The van der Waals surface area contributed by atoms with E-state index in [9.17, 15) is 13.2 Å². The van der Waals surface area contributed by atoms with E-state index in [1.54, 1.807) is 18.2 Å². The maximum absolute atomic E-state index is 11.7. The molecular weight excluding hydrogens is 296 g/mol. The number of fused-ring (bicyclic) bond motifs is 1. The summed E-state index contributed by atoms with van der Waals surface area (Å²) in [6.07, 6.45) is 0. The topological polar surface area (TPSA) is 66.5 Å². The highest BCUT2D eigenvalue weighted by Gasteiger charge is 2.47. The Kier molecular flexibility index (Phi) is 3.06. The van der Waals surface area contributed by atoms with Crippen molar-refractivity contribution in [1.29, 1.82) is 0 Å². The number of sulfone groups is 1. The second-order valence-corrected chi connectivity index (χ2v) is 7.72. The summed E-state index contributed by atoms with van der Waals surface area (Å²) in [6.45, 7) is 1.50. The Morgan fingerprint density at radius 3 is 2.85 bits per heavy atom. The van der Waals surface area contributed by atoms with Crippen molar-refractivity contribution in [2.24, 2.45) is 0 Å². The van der Waals surface area contributed by atoms with Gasteiger partial charge in [0.15, 0.2) is 20.7 Å². The molecule has 0 saturated carbocycles. The van der Waals surface area contributed by atoms with Gasteiger partial charge >= 0.3 is 0 Å². The predicted octanol–water partition coefficient (Wildman–Crippen LogP) is 0.749. The highest BCUT2D eigenvalue weighted by atomic mass is 32.2. The zero-order chi connectivity index (χ0) is 14.5. The van der Waals surface area contributed by atoms with E-state index in [0.29, 0.717) is 10.7 Å². The molecule has 0 spiro atoms. The standard InChI is InChI=1S/C13H14N2O3S2/c1-8(16)9-3-2-4-10(5-9)15-12-7-20(17,18)6-11(12)14-13(15)19/h2-5,11-12H,6-7H2,1H3,(H,14,19). The Hall–Kier alpha value is -1.47. The minimum absolute atomic E-state index is 0.0273. The maximum atomic E-state index is 11.7. The molecule has 2 aliphatic heterocycles. The Balaban J connectivity index is 1.99. The fourth-order valence-electron chi connectivity index (χ4n) is 2.78. The molecule has 1 N–H and O–H groups in total. The zero-order valence-corrected chi connectivity index (χ0v) is 12.5. The fourth-order valence-corrected chi connectivity index (χ4v) is 5.07. The molecule has 0 bridgehead atoms. The van der Waals surface area contributed by atoms with Crippen molar-refractivity contribution in [3.8, 4) is 0 Å². The van der Waals surface area contributed by atoms with Gasteiger partial charge in [-0.15, -0.1) is 0 Å². The molecule has 1 aromatic carbocycles. The van der Waals surface area contributed by atoms with Gasteiger partial charge in [0.25, 0.3) is 0 Å². The molecule has 2 heterocycles. The number of rotatable bonds is 2. The summed E-state index contributed by atoms with van der Waals surface area (Å²) in [4.78, 5) is 13.3. The van der Waals surface area contributed by atoms with Crippen molar-refractivity contribution in [1.82, 2.24) is 5.32 Å². The third-order valence-electron chi connectivity index (χ3n) is 3.71. The number of nitrogens with one attached hydrogen (secondary N) is 1. The summed E-state index contributed by atoms with van der Waals surface area (Å²) in [5, 5.41) is 3.59. The number of carbonyl (C=O) groups is 1. The van der Waals surface area contributed by atoms with Gasteiger partial charge in [-0.25, -0.2) is 8.42 Å². The molecule has 106 valence electrons. The van der Waals surface area contributed by atoms with E-state index in [1.807, 2.05) is 11.0 Å². The van der Waals surface area contributed by atoms with Gasteiger partial charge in [0.2, 0.25) is 0 Å². The number of thiocarbonyl (C=S) groups is 1. The van der Waals surface area contributed by atoms with Crippen molar-refractivity contribution < 1.29 is 13.2 Å². The normalized spacial score (nSPS) is 27.2. The molecule has 2 atom stereocenters. The van der Waals surface area contributed by atoms with Gasteiger partial charge in [-0.1, -0.05) is 12.1 Å². The number of nitrogens with zero attached hydrogens (tertiary/aromatic N) is 1. The van der Waals surface area contributed by atoms with Crippen LogP contribution in [0.4, 0.5) is 5.69 Å². The van der Waals surface area contributed by atoms with E-state index in [-0.39, 0.29) is 29.4 Å². The molecule has 0 radical (unpaired) electrons. The molecule has 2 fully saturated rings. The second-order valence-electron chi connectivity index (χ2n) is 5.18. The minimum atomic E-state index is -3.03. The SMILES string of the molecule is CC(=O)c1cccc(N2C(=S)NC3CS(=O)(=O)CC32)c1. The van der Waals surface area contributed by atoms with Crippen LogP contribution in [0.1, 0.15) is 17.3 Å². The number of ketones is 1. The van der Waals surface area contributed by atoms with E-state index in [0.717, 1.165) is 5.69 Å². The first kappa shape index (κ1) is 13.5. The smallest absolute Gasteiger partial charge is 0.174 e. The molecular formula is C13H14N2O3S2. The van der Waals surface area contributed by atoms with Crippen molar-refractivity contribution in [2.45, 2.75) is 19.0 Å². The van der Waals surface area contributed by atoms with Crippen molar-refractivity contribution in [2.75, 3.05) is 16.4 Å². The maximum Gasteiger partial charge on any atom is 0.174 e. The molecule has 0 aromatic heterocycles. The lowest BCUT2D eigenvalue weighted by molar-refractivity contribution is 0.101. The van der Waals surface area contributed by atoms with Gasteiger partial charge in [-0.05, 0) is 31.3 Å². The Bertz CT molecular complexity index is 699. The van der Waals surface area contributed by atoms with Crippen LogP contribution in [0.3, 0.4) is 0 Å². The molecule has 2 aliphatic rings. The molecule has 3 rings (SSSR count). The number of hydrogen-bond donors (Lipinski definition) is 1. The highest BCUT2D eigenvalue weighted by Crippen LogP contribution is 2.30. The number of hydrogen-bond acceptors (Lipinski definition) is 4. The lowest BCUT2D eigenvalue weighted by atomic mass is 10.1. The first-order valence-corrected chi connectivity index (χ1v) is 8.51. The summed E-state index contributed by atoms with van der Waals surface area (Å²) in [6, 6.07) is 6.77. The number of benzene rings is 1. The molecule has 7 heteroatoms. The van der Waals surface area contributed by atoms with Gasteiger partial charge in [0, 0.05) is 11.3 Å². The van der Waals surface area contributed by atoms with Crippen molar-refractivity contribution in [3.05, 3.63) is 29.8 Å². The van der Waals surface area contributed by atoms with Crippen LogP contribution < -0.4 is 10.2 Å². The Morgan fingerprint density at radius 1 is 1.40 bits per heavy atom. The second kappa shape index (κ2) is 4.53.